The zero-order chi connectivity index (χ0) is 19.7. The number of anilines is 1. The van der Waals surface area contributed by atoms with Gasteiger partial charge >= 0.3 is 5.69 Å². The van der Waals surface area contributed by atoms with Crippen LogP contribution in [0, 0.1) is 0 Å². The number of carbonyl (C=O) groups excluding carboxylic acids is 1. The van der Waals surface area contributed by atoms with Gasteiger partial charge in [0.25, 0.3) is 0 Å². The Balaban J connectivity index is 1.37. The predicted molar refractivity (Wildman–Crippen MR) is 112 cm³/mol. The number of aromatic nitrogens is 2. The van der Waals surface area contributed by atoms with Crippen molar-refractivity contribution in [2.75, 3.05) is 18.9 Å². The van der Waals surface area contributed by atoms with E-state index in [1.807, 2.05) is 34.9 Å². The van der Waals surface area contributed by atoms with Crippen molar-refractivity contribution < 1.29 is 4.79 Å². The summed E-state index contributed by atoms with van der Waals surface area (Å²) in [6.07, 6.45) is 2.94. The monoisotopic (exact) mass is 378 g/mol. The average molecular weight is 378 g/mol. The number of carbonyl (C=O) groups is 1. The molecule has 0 saturated heterocycles. The lowest BCUT2D eigenvalue weighted by molar-refractivity contribution is -0.114. The third-order valence-corrected chi connectivity index (χ3v) is 5.57. The van der Waals surface area contributed by atoms with E-state index >= 15 is 0 Å². The Morgan fingerprint density at radius 2 is 2.11 bits per heavy atom. The van der Waals surface area contributed by atoms with Gasteiger partial charge in [0, 0.05) is 25.2 Å². The van der Waals surface area contributed by atoms with Gasteiger partial charge in [-0.25, -0.2) is 4.79 Å². The summed E-state index contributed by atoms with van der Waals surface area (Å²) in [5, 5.41) is 2.83. The molecule has 0 unspecified atom stereocenters. The zero-order valence-corrected chi connectivity index (χ0v) is 16.4. The summed E-state index contributed by atoms with van der Waals surface area (Å²) >= 11 is 0. The van der Waals surface area contributed by atoms with E-state index in [0.717, 1.165) is 49.1 Å². The van der Waals surface area contributed by atoms with Gasteiger partial charge in [0.2, 0.25) is 5.91 Å². The van der Waals surface area contributed by atoms with Crippen LogP contribution >= 0.6 is 0 Å². The lowest BCUT2D eigenvalue weighted by Gasteiger charge is -2.31. The molecule has 3 aromatic rings. The van der Waals surface area contributed by atoms with Gasteiger partial charge in [0.05, 0.1) is 11.0 Å². The predicted octanol–water partition coefficient (Wildman–Crippen LogP) is 2.78. The number of hydrogen-bond acceptors (Lipinski definition) is 3. The highest BCUT2D eigenvalue weighted by Crippen LogP contribution is 2.24. The number of imidazole rings is 1. The second-order valence-corrected chi connectivity index (χ2v) is 7.68. The molecule has 1 aliphatic rings. The fraction of sp³-hybridized carbons (Fsp3) is 0.364. The van der Waals surface area contributed by atoms with Crippen LogP contribution in [0.15, 0.2) is 47.3 Å². The van der Waals surface area contributed by atoms with Gasteiger partial charge in [0.1, 0.15) is 0 Å². The molecular weight excluding hydrogens is 352 g/mol. The van der Waals surface area contributed by atoms with Gasteiger partial charge < -0.3 is 15.2 Å². The van der Waals surface area contributed by atoms with Crippen LogP contribution in [-0.2, 0) is 24.2 Å². The smallest absolute Gasteiger partial charge is 0.326 e. The summed E-state index contributed by atoms with van der Waals surface area (Å²) in [6.45, 7) is 3.21. The minimum atomic E-state index is -0.0522. The Kier molecular flexibility index (Phi) is 5.05. The van der Waals surface area contributed by atoms with Gasteiger partial charge in [-0.2, -0.15) is 0 Å². The summed E-state index contributed by atoms with van der Waals surface area (Å²) in [5.41, 5.74) is 5.28. The molecule has 1 atom stereocenters. The molecule has 4 rings (SSSR count). The number of para-hydroxylation sites is 1. The highest BCUT2D eigenvalue weighted by atomic mass is 16.1. The first-order chi connectivity index (χ1) is 13.5. The molecule has 0 bridgehead atoms. The SMILES string of the molecule is CC(=O)Nc1cccc(CCCN(C)[C@@H]2Cc3cccc4[nH]c(=O)n(c34)C2)c1. The van der Waals surface area contributed by atoms with E-state index in [-0.39, 0.29) is 11.6 Å². The molecule has 0 fully saturated rings. The van der Waals surface area contributed by atoms with Crippen molar-refractivity contribution >= 4 is 22.6 Å². The molecule has 1 amide bonds. The molecule has 1 aliphatic heterocycles. The van der Waals surface area contributed by atoms with E-state index < -0.39 is 0 Å². The molecule has 146 valence electrons. The Labute approximate surface area is 164 Å². The normalized spacial score (nSPS) is 15.9. The van der Waals surface area contributed by atoms with Crippen molar-refractivity contribution in [2.24, 2.45) is 0 Å². The minimum Gasteiger partial charge on any atom is -0.326 e. The number of nitrogens with zero attached hydrogens (tertiary/aromatic N) is 2. The number of aromatic amines is 1. The molecular formula is C22H26N4O2. The molecule has 0 spiro atoms. The van der Waals surface area contributed by atoms with Crippen molar-refractivity contribution in [3.8, 4) is 0 Å². The molecule has 2 heterocycles. The maximum atomic E-state index is 12.3. The number of aryl methyl sites for hydroxylation is 1. The first-order valence-corrected chi connectivity index (χ1v) is 9.78. The highest BCUT2D eigenvalue weighted by molar-refractivity contribution is 5.88. The molecule has 2 aromatic carbocycles. The summed E-state index contributed by atoms with van der Waals surface area (Å²) in [4.78, 5) is 28.8. The quantitative estimate of drug-likeness (QED) is 0.693. The lowest BCUT2D eigenvalue weighted by Crippen LogP contribution is -2.42. The van der Waals surface area contributed by atoms with Crippen LogP contribution in [0.3, 0.4) is 0 Å². The van der Waals surface area contributed by atoms with E-state index in [0.29, 0.717) is 6.04 Å². The number of rotatable bonds is 6. The lowest BCUT2D eigenvalue weighted by atomic mass is 9.99. The fourth-order valence-corrected chi connectivity index (χ4v) is 4.18. The molecule has 0 saturated carbocycles. The zero-order valence-electron chi connectivity index (χ0n) is 16.4. The average Bonchev–Trinajstić information content (AvgIpc) is 2.98. The van der Waals surface area contributed by atoms with Crippen molar-refractivity contribution in [3.63, 3.8) is 0 Å². The highest BCUT2D eigenvalue weighted by Gasteiger charge is 2.25. The second kappa shape index (κ2) is 7.64. The minimum absolute atomic E-state index is 0.0182. The maximum Gasteiger partial charge on any atom is 0.326 e. The number of H-pyrrole nitrogens is 1. The third-order valence-electron chi connectivity index (χ3n) is 5.57. The van der Waals surface area contributed by atoms with Crippen LogP contribution in [0.4, 0.5) is 5.69 Å². The Morgan fingerprint density at radius 3 is 2.93 bits per heavy atom. The van der Waals surface area contributed by atoms with E-state index in [1.54, 1.807) is 0 Å². The van der Waals surface area contributed by atoms with E-state index in [1.165, 1.54) is 18.1 Å². The van der Waals surface area contributed by atoms with Crippen LogP contribution in [0.2, 0.25) is 0 Å². The van der Waals surface area contributed by atoms with Gasteiger partial charge in [-0.1, -0.05) is 24.3 Å². The van der Waals surface area contributed by atoms with Crippen LogP contribution in [0.5, 0.6) is 0 Å². The van der Waals surface area contributed by atoms with Crippen molar-refractivity contribution in [3.05, 3.63) is 64.1 Å². The number of likely N-dealkylation sites (N-methyl/N-ethyl adjacent to an activating group) is 1. The van der Waals surface area contributed by atoms with E-state index in [4.69, 9.17) is 0 Å². The van der Waals surface area contributed by atoms with Crippen molar-refractivity contribution in [1.82, 2.24) is 14.5 Å². The molecule has 1 aromatic heterocycles. The van der Waals surface area contributed by atoms with Gasteiger partial charge in [0.15, 0.2) is 0 Å². The topological polar surface area (TPSA) is 70.1 Å². The molecule has 28 heavy (non-hydrogen) atoms. The molecule has 0 radical (unpaired) electrons. The molecule has 0 aliphatic carbocycles. The van der Waals surface area contributed by atoms with Crippen molar-refractivity contribution in [2.45, 2.75) is 38.8 Å². The number of nitrogens with one attached hydrogen (secondary N) is 2. The summed E-state index contributed by atoms with van der Waals surface area (Å²) in [5.74, 6) is -0.0522. The Bertz CT molecular complexity index is 1070. The largest absolute Gasteiger partial charge is 0.326 e. The number of amides is 1. The molecule has 6 nitrogen and oxygen atoms in total. The first kappa shape index (κ1) is 18.5. The van der Waals surface area contributed by atoms with Gasteiger partial charge in [-0.3, -0.25) is 9.36 Å². The summed E-state index contributed by atoms with van der Waals surface area (Å²) < 4.78 is 1.88. The van der Waals surface area contributed by atoms with E-state index in [9.17, 15) is 9.59 Å². The second-order valence-electron chi connectivity index (χ2n) is 7.68. The third kappa shape index (κ3) is 3.73. The van der Waals surface area contributed by atoms with Gasteiger partial charge in [-0.15, -0.1) is 0 Å². The van der Waals surface area contributed by atoms with E-state index in [2.05, 4.69) is 34.4 Å². The summed E-state index contributed by atoms with van der Waals surface area (Å²) in [7, 11) is 2.14. The molecule has 6 heteroatoms. The molecule has 2 N–H and O–H groups in total. The fourth-order valence-electron chi connectivity index (χ4n) is 4.18. The standard InChI is InChI=1S/C22H26N4O2/c1-15(27)23-18-9-3-6-16(12-18)7-5-11-25(2)19-13-17-8-4-10-20-21(17)26(14-19)22(28)24-20/h3-4,6,8-10,12,19H,5,7,11,13-14H2,1-2H3,(H,23,27)(H,24,28)/t19-/m1/s1. The van der Waals surface area contributed by atoms with Crippen LogP contribution in [-0.4, -0.2) is 40.0 Å². The number of hydrogen-bond donors (Lipinski definition) is 2. The number of benzene rings is 2. The first-order valence-electron chi connectivity index (χ1n) is 9.78. The van der Waals surface area contributed by atoms with Crippen molar-refractivity contribution in [1.29, 1.82) is 0 Å². The van der Waals surface area contributed by atoms with Crippen LogP contribution in [0.25, 0.3) is 11.0 Å². The van der Waals surface area contributed by atoms with Crippen LogP contribution in [0.1, 0.15) is 24.5 Å². The maximum absolute atomic E-state index is 12.3. The van der Waals surface area contributed by atoms with Crippen LogP contribution < -0.4 is 11.0 Å². The van der Waals surface area contributed by atoms with Gasteiger partial charge in [-0.05, 0) is 62.2 Å². The Morgan fingerprint density at radius 1 is 1.29 bits per heavy atom. The summed E-state index contributed by atoms with van der Waals surface area (Å²) in [6, 6.07) is 14.4. The Hall–Kier alpha value is -2.86.